The number of hydrogen-bond donors (Lipinski definition) is 3. The number of rotatable bonds is 7. The first-order valence-electron chi connectivity index (χ1n) is 6.41. The van der Waals surface area contributed by atoms with Crippen LogP contribution < -0.4 is 5.32 Å². The standard InChI is InChI=1S/C13H25N3O2/c1-10-12(9-14-13(3,4)5-7-17)11(2)16(15-10)6-8-18/h14,17-18H,5-9H2,1-4H3. The van der Waals surface area contributed by atoms with Gasteiger partial charge in [-0.05, 0) is 34.1 Å². The van der Waals surface area contributed by atoms with Crippen molar-refractivity contribution in [1.29, 1.82) is 0 Å². The fourth-order valence-corrected chi connectivity index (χ4v) is 2.00. The summed E-state index contributed by atoms with van der Waals surface area (Å²) in [5.41, 5.74) is 3.17. The van der Waals surface area contributed by atoms with Crippen LogP contribution in [-0.4, -0.2) is 38.7 Å². The normalized spacial score (nSPS) is 12.1. The Kier molecular flexibility index (Phi) is 5.31. The predicted molar refractivity (Wildman–Crippen MR) is 71.4 cm³/mol. The van der Waals surface area contributed by atoms with E-state index in [0.29, 0.717) is 6.54 Å². The zero-order valence-electron chi connectivity index (χ0n) is 11.8. The van der Waals surface area contributed by atoms with Crippen molar-refractivity contribution in [2.45, 2.75) is 52.7 Å². The maximum absolute atomic E-state index is 9.00. The lowest BCUT2D eigenvalue weighted by atomic mass is 10.0. The van der Waals surface area contributed by atoms with Crippen molar-refractivity contribution in [2.75, 3.05) is 13.2 Å². The van der Waals surface area contributed by atoms with Crippen molar-refractivity contribution in [3.05, 3.63) is 17.0 Å². The monoisotopic (exact) mass is 255 g/mol. The summed E-state index contributed by atoms with van der Waals surface area (Å²) in [5, 5.41) is 25.8. The van der Waals surface area contributed by atoms with E-state index >= 15 is 0 Å². The summed E-state index contributed by atoms with van der Waals surface area (Å²) in [7, 11) is 0. The van der Waals surface area contributed by atoms with Crippen LogP contribution in [0.25, 0.3) is 0 Å². The highest BCUT2D eigenvalue weighted by molar-refractivity contribution is 5.24. The SMILES string of the molecule is Cc1nn(CCO)c(C)c1CNC(C)(C)CCO. The lowest BCUT2D eigenvalue weighted by Crippen LogP contribution is -2.39. The van der Waals surface area contributed by atoms with Gasteiger partial charge in [0.1, 0.15) is 0 Å². The number of aromatic nitrogens is 2. The highest BCUT2D eigenvalue weighted by Gasteiger charge is 2.18. The Morgan fingerprint density at radius 3 is 2.44 bits per heavy atom. The minimum Gasteiger partial charge on any atom is -0.396 e. The zero-order valence-corrected chi connectivity index (χ0v) is 11.8. The van der Waals surface area contributed by atoms with Crippen LogP contribution >= 0.6 is 0 Å². The van der Waals surface area contributed by atoms with Crippen molar-refractivity contribution in [2.24, 2.45) is 0 Å². The molecule has 5 nitrogen and oxygen atoms in total. The lowest BCUT2D eigenvalue weighted by Gasteiger charge is -2.25. The van der Waals surface area contributed by atoms with Crippen LogP contribution in [0, 0.1) is 13.8 Å². The van der Waals surface area contributed by atoms with Crippen LogP contribution in [-0.2, 0) is 13.1 Å². The number of nitrogens with one attached hydrogen (secondary N) is 1. The molecule has 5 heteroatoms. The summed E-state index contributed by atoms with van der Waals surface area (Å²) in [6.45, 7) is 9.70. The average Bonchev–Trinajstić information content (AvgIpc) is 2.53. The Labute approximate surface area is 109 Å². The highest BCUT2D eigenvalue weighted by Crippen LogP contribution is 2.15. The molecule has 0 unspecified atom stereocenters. The lowest BCUT2D eigenvalue weighted by molar-refractivity contribution is 0.230. The Hall–Kier alpha value is -0.910. The molecule has 0 aliphatic carbocycles. The van der Waals surface area contributed by atoms with E-state index in [9.17, 15) is 0 Å². The number of aryl methyl sites for hydroxylation is 1. The third-order valence-corrected chi connectivity index (χ3v) is 3.32. The number of aliphatic hydroxyl groups is 2. The van der Waals surface area contributed by atoms with Gasteiger partial charge in [-0.1, -0.05) is 0 Å². The van der Waals surface area contributed by atoms with E-state index in [1.54, 1.807) is 0 Å². The van der Waals surface area contributed by atoms with Crippen LogP contribution in [0.4, 0.5) is 0 Å². The topological polar surface area (TPSA) is 70.3 Å². The quantitative estimate of drug-likeness (QED) is 0.672. The molecule has 0 amide bonds. The molecule has 1 heterocycles. The van der Waals surface area contributed by atoms with Gasteiger partial charge in [-0.3, -0.25) is 4.68 Å². The van der Waals surface area contributed by atoms with Gasteiger partial charge in [0.15, 0.2) is 0 Å². The van der Waals surface area contributed by atoms with Gasteiger partial charge in [0, 0.05) is 29.9 Å². The van der Waals surface area contributed by atoms with Gasteiger partial charge in [-0.25, -0.2) is 0 Å². The second-order valence-electron chi connectivity index (χ2n) is 5.31. The molecule has 0 aliphatic heterocycles. The van der Waals surface area contributed by atoms with E-state index in [4.69, 9.17) is 10.2 Å². The zero-order chi connectivity index (χ0) is 13.8. The molecule has 1 aromatic heterocycles. The minimum atomic E-state index is -0.0906. The van der Waals surface area contributed by atoms with Crippen LogP contribution in [0.15, 0.2) is 0 Å². The molecule has 3 N–H and O–H groups in total. The molecule has 104 valence electrons. The second kappa shape index (κ2) is 6.31. The molecule has 0 atom stereocenters. The fraction of sp³-hybridized carbons (Fsp3) is 0.769. The first-order valence-corrected chi connectivity index (χ1v) is 6.41. The Morgan fingerprint density at radius 1 is 1.22 bits per heavy atom. The van der Waals surface area contributed by atoms with Crippen molar-refractivity contribution < 1.29 is 10.2 Å². The van der Waals surface area contributed by atoms with Gasteiger partial charge in [-0.15, -0.1) is 0 Å². The summed E-state index contributed by atoms with van der Waals surface area (Å²) in [5.74, 6) is 0. The fourth-order valence-electron chi connectivity index (χ4n) is 2.00. The van der Waals surface area contributed by atoms with Crippen molar-refractivity contribution in [1.82, 2.24) is 15.1 Å². The largest absolute Gasteiger partial charge is 0.396 e. The Bertz CT molecular complexity index is 386. The summed E-state index contributed by atoms with van der Waals surface area (Å²) in [6.07, 6.45) is 0.718. The molecular formula is C13H25N3O2. The van der Waals surface area contributed by atoms with Gasteiger partial charge < -0.3 is 15.5 Å². The number of hydrogen-bond acceptors (Lipinski definition) is 4. The number of nitrogens with zero attached hydrogens (tertiary/aromatic N) is 2. The summed E-state index contributed by atoms with van der Waals surface area (Å²) in [6, 6.07) is 0. The third-order valence-electron chi connectivity index (χ3n) is 3.32. The van der Waals surface area contributed by atoms with Gasteiger partial charge in [0.05, 0.1) is 18.8 Å². The van der Waals surface area contributed by atoms with E-state index < -0.39 is 0 Å². The maximum atomic E-state index is 9.00. The molecule has 1 aromatic rings. The predicted octanol–water partition coefficient (Wildman–Crippen LogP) is 0.743. The third kappa shape index (κ3) is 3.80. The molecule has 0 aliphatic rings. The van der Waals surface area contributed by atoms with Crippen molar-refractivity contribution >= 4 is 0 Å². The van der Waals surface area contributed by atoms with Crippen LogP contribution in [0.3, 0.4) is 0 Å². The smallest absolute Gasteiger partial charge is 0.0644 e. The molecule has 18 heavy (non-hydrogen) atoms. The molecule has 0 saturated heterocycles. The van der Waals surface area contributed by atoms with E-state index in [-0.39, 0.29) is 18.8 Å². The molecular weight excluding hydrogens is 230 g/mol. The Morgan fingerprint density at radius 2 is 1.89 bits per heavy atom. The van der Waals surface area contributed by atoms with E-state index in [2.05, 4.69) is 24.3 Å². The van der Waals surface area contributed by atoms with Gasteiger partial charge in [0.2, 0.25) is 0 Å². The molecule has 0 fully saturated rings. The summed E-state index contributed by atoms with van der Waals surface area (Å²) >= 11 is 0. The van der Waals surface area contributed by atoms with Gasteiger partial charge in [-0.2, -0.15) is 5.10 Å². The second-order valence-corrected chi connectivity index (χ2v) is 5.31. The number of aliphatic hydroxyl groups excluding tert-OH is 2. The van der Waals surface area contributed by atoms with Crippen LogP contribution in [0.2, 0.25) is 0 Å². The molecule has 0 spiro atoms. The molecule has 0 radical (unpaired) electrons. The average molecular weight is 255 g/mol. The molecule has 0 aromatic carbocycles. The molecule has 0 bridgehead atoms. The van der Waals surface area contributed by atoms with E-state index in [0.717, 1.165) is 24.4 Å². The van der Waals surface area contributed by atoms with Crippen molar-refractivity contribution in [3.63, 3.8) is 0 Å². The Balaban J connectivity index is 2.73. The first kappa shape index (κ1) is 15.1. The van der Waals surface area contributed by atoms with Crippen molar-refractivity contribution in [3.8, 4) is 0 Å². The molecule has 0 saturated carbocycles. The summed E-state index contributed by atoms with van der Waals surface area (Å²) in [4.78, 5) is 0. The first-order chi connectivity index (χ1) is 8.41. The maximum Gasteiger partial charge on any atom is 0.0644 e. The highest BCUT2D eigenvalue weighted by atomic mass is 16.3. The van der Waals surface area contributed by atoms with E-state index in [1.807, 2.05) is 18.5 Å². The minimum absolute atomic E-state index is 0.0906. The van der Waals surface area contributed by atoms with E-state index in [1.165, 1.54) is 5.56 Å². The molecule has 1 rings (SSSR count). The summed E-state index contributed by atoms with van der Waals surface area (Å²) < 4.78 is 1.84. The van der Waals surface area contributed by atoms with Gasteiger partial charge >= 0.3 is 0 Å². The van der Waals surface area contributed by atoms with Crippen LogP contribution in [0.1, 0.15) is 37.2 Å². The van der Waals surface area contributed by atoms with Gasteiger partial charge in [0.25, 0.3) is 0 Å². The van der Waals surface area contributed by atoms with Crippen LogP contribution in [0.5, 0.6) is 0 Å².